The zero-order valence-corrected chi connectivity index (χ0v) is 13.8. The van der Waals surface area contributed by atoms with Gasteiger partial charge < -0.3 is 5.32 Å². The third kappa shape index (κ3) is 22.0. The van der Waals surface area contributed by atoms with Crippen LogP contribution in [-0.4, -0.2) is 0 Å². The Kier molecular flexibility index (Phi) is 40.8. The summed E-state index contributed by atoms with van der Waals surface area (Å²) in [4.78, 5) is 0. The van der Waals surface area contributed by atoms with Crippen molar-refractivity contribution in [3.05, 3.63) is 74.2 Å². The van der Waals surface area contributed by atoms with Crippen LogP contribution < -0.4 is 5.32 Å². The minimum atomic E-state index is 0.992. The van der Waals surface area contributed by atoms with E-state index in [9.17, 15) is 0 Å². The molecule has 0 atom stereocenters. The van der Waals surface area contributed by atoms with E-state index in [0.29, 0.717) is 0 Å². The van der Waals surface area contributed by atoms with Crippen molar-refractivity contribution < 1.29 is 0 Å². The maximum absolute atomic E-state index is 3.70. The third-order valence-corrected chi connectivity index (χ3v) is 1.46. The predicted molar refractivity (Wildman–Crippen MR) is 94.1 cm³/mol. The molecule has 0 fully saturated rings. The molecule has 1 N–H and O–H groups in total. The monoisotopic (exact) mass is 263 g/mol. The molecule has 0 heterocycles. The Morgan fingerprint density at radius 1 is 0.895 bits per heavy atom. The highest BCUT2D eigenvalue weighted by molar-refractivity contribution is 5.28. The Morgan fingerprint density at radius 3 is 1.63 bits per heavy atom. The van der Waals surface area contributed by atoms with Crippen LogP contribution in [0.5, 0.6) is 0 Å². The van der Waals surface area contributed by atoms with Gasteiger partial charge >= 0.3 is 0 Å². The normalized spacial score (nSPS) is 9.79. The molecule has 0 aromatic rings. The van der Waals surface area contributed by atoms with Crippen molar-refractivity contribution in [2.24, 2.45) is 0 Å². The SMILES string of the molecule is C=C.C=C/C=C(\C=C/C)N/C(C=C)=C/C.CC.CC. The van der Waals surface area contributed by atoms with Gasteiger partial charge in [0.1, 0.15) is 0 Å². The molecule has 0 saturated carbocycles. The third-order valence-electron chi connectivity index (χ3n) is 1.46. The lowest BCUT2D eigenvalue weighted by atomic mass is 10.3. The fourth-order valence-electron chi connectivity index (χ4n) is 0.853. The predicted octanol–water partition coefficient (Wildman–Crippen LogP) is 6.17. The van der Waals surface area contributed by atoms with Gasteiger partial charge in [0.15, 0.2) is 0 Å². The van der Waals surface area contributed by atoms with E-state index < -0.39 is 0 Å². The van der Waals surface area contributed by atoms with Crippen LogP contribution in [0.15, 0.2) is 74.2 Å². The lowest BCUT2D eigenvalue weighted by molar-refractivity contribution is 1.04. The van der Waals surface area contributed by atoms with Crippen LogP contribution in [0.2, 0.25) is 0 Å². The number of nitrogens with one attached hydrogen (secondary N) is 1. The summed E-state index contributed by atoms with van der Waals surface area (Å²) in [6.45, 7) is 25.3. The van der Waals surface area contributed by atoms with E-state index >= 15 is 0 Å². The van der Waals surface area contributed by atoms with Gasteiger partial charge in [0.25, 0.3) is 0 Å². The molecule has 0 amide bonds. The fourth-order valence-corrected chi connectivity index (χ4v) is 0.853. The molecule has 0 bridgehead atoms. The Morgan fingerprint density at radius 2 is 1.37 bits per heavy atom. The van der Waals surface area contributed by atoms with Gasteiger partial charge in [-0.25, -0.2) is 0 Å². The second-order valence-corrected chi connectivity index (χ2v) is 2.43. The van der Waals surface area contributed by atoms with Gasteiger partial charge in [0.05, 0.1) is 0 Å². The minimum Gasteiger partial charge on any atom is -0.356 e. The summed E-state index contributed by atoms with van der Waals surface area (Å²) in [5.41, 5.74) is 2.00. The quantitative estimate of drug-likeness (QED) is 0.462. The zero-order valence-electron chi connectivity index (χ0n) is 13.8. The molecule has 110 valence electrons. The Bertz CT molecular complexity index is 267. The van der Waals surface area contributed by atoms with E-state index in [1.807, 2.05) is 65.8 Å². The summed E-state index contributed by atoms with van der Waals surface area (Å²) in [6, 6.07) is 0. The minimum absolute atomic E-state index is 0.992. The van der Waals surface area contributed by atoms with Gasteiger partial charge in [-0.05, 0) is 32.1 Å². The van der Waals surface area contributed by atoms with E-state index in [-0.39, 0.29) is 0 Å². The van der Waals surface area contributed by atoms with Gasteiger partial charge in [-0.2, -0.15) is 0 Å². The summed E-state index contributed by atoms with van der Waals surface area (Å²) in [5, 5.41) is 3.20. The van der Waals surface area contributed by atoms with Crippen LogP contribution in [0.25, 0.3) is 0 Å². The second kappa shape index (κ2) is 29.9. The first kappa shape index (κ1) is 25.9. The smallest absolute Gasteiger partial charge is 0.0380 e. The fraction of sp³-hybridized carbons (Fsp3) is 0.333. The van der Waals surface area contributed by atoms with E-state index in [1.54, 1.807) is 12.2 Å². The van der Waals surface area contributed by atoms with Crippen LogP contribution in [0, 0.1) is 0 Å². The van der Waals surface area contributed by atoms with Crippen molar-refractivity contribution in [2.75, 3.05) is 0 Å². The maximum atomic E-state index is 3.70. The van der Waals surface area contributed by atoms with Gasteiger partial charge in [-0.15, -0.1) is 13.2 Å². The molecule has 0 aliphatic carbocycles. The summed E-state index contributed by atoms with van der Waals surface area (Å²) < 4.78 is 0. The van der Waals surface area contributed by atoms with Crippen LogP contribution in [0.1, 0.15) is 41.5 Å². The standard InChI is InChI=1S/C12H17N.2C2H6.C2H4/c1-5-9-12(10-6-2)13-11(7-3)8-4;3*1-2/h5-10,13H,1,3H2,2,4H3;2*1-2H3;1-2H2/b10-6-,11-8+,12-9+;;;. The molecule has 0 aromatic carbocycles. The molecule has 19 heavy (non-hydrogen) atoms. The largest absolute Gasteiger partial charge is 0.356 e. The van der Waals surface area contributed by atoms with Crippen molar-refractivity contribution >= 4 is 0 Å². The molecule has 0 rings (SSSR count). The van der Waals surface area contributed by atoms with Crippen molar-refractivity contribution in [1.29, 1.82) is 0 Å². The second-order valence-electron chi connectivity index (χ2n) is 2.43. The van der Waals surface area contributed by atoms with Gasteiger partial charge in [0.2, 0.25) is 0 Å². The zero-order chi connectivity index (χ0) is 16.1. The Labute approximate surface area is 121 Å². The van der Waals surface area contributed by atoms with Gasteiger partial charge in [-0.1, -0.05) is 59.1 Å². The maximum Gasteiger partial charge on any atom is 0.0380 e. The van der Waals surface area contributed by atoms with E-state index in [2.05, 4.69) is 31.6 Å². The molecule has 0 radical (unpaired) electrons. The average molecular weight is 263 g/mol. The molecular formula is C18H33N. The molecule has 0 aromatic heterocycles. The van der Waals surface area contributed by atoms with Gasteiger partial charge in [-0.3, -0.25) is 0 Å². The molecule has 0 aliphatic rings. The average Bonchev–Trinajstić information content (AvgIpc) is 2.51. The first-order valence-electron chi connectivity index (χ1n) is 6.79. The first-order valence-corrected chi connectivity index (χ1v) is 6.79. The summed E-state index contributed by atoms with van der Waals surface area (Å²) in [6.07, 6.45) is 11.4. The van der Waals surface area contributed by atoms with Crippen LogP contribution in [0.4, 0.5) is 0 Å². The van der Waals surface area contributed by atoms with Gasteiger partial charge in [0, 0.05) is 11.4 Å². The molecule has 0 spiro atoms. The number of rotatable bonds is 5. The highest BCUT2D eigenvalue weighted by Crippen LogP contribution is 1.99. The van der Waals surface area contributed by atoms with Crippen molar-refractivity contribution in [2.45, 2.75) is 41.5 Å². The number of hydrogen-bond donors (Lipinski definition) is 1. The molecule has 0 aliphatic heterocycles. The number of hydrogen-bond acceptors (Lipinski definition) is 1. The topological polar surface area (TPSA) is 12.0 Å². The molecular weight excluding hydrogens is 230 g/mol. The summed E-state index contributed by atoms with van der Waals surface area (Å²) in [7, 11) is 0. The lowest BCUT2D eigenvalue weighted by Gasteiger charge is -2.06. The highest BCUT2D eigenvalue weighted by atomic mass is 14.9. The lowest BCUT2D eigenvalue weighted by Crippen LogP contribution is -2.08. The summed E-state index contributed by atoms with van der Waals surface area (Å²) >= 11 is 0. The van der Waals surface area contributed by atoms with Crippen LogP contribution in [0.3, 0.4) is 0 Å². The molecule has 1 heteroatoms. The van der Waals surface area contributed by atoms with Crippen molar-refractivity contribution in [3.63, 3.8) is 0 Å². The highest BCUT2D eigenvalue weighted by Gasteiger charge is 1.90. The van der Waals surface area contributed by atoms with E-state index in [0.717, 1.165) is 11.4 Å². The van der Waals surface area contributed by atoms with E-state index in [1.165, 1.54) is 0 Å². The molecule has 0 unspecified atom stereocenters. The Hall–Kier alpha value is -1.76. The molecule has 1 nitrogen and oxygen atoms in total. The van der Waals surface area contributed by atoms with Crippen LogP contribution >= 0.6 is 0 Å². The first-order chi connectivity index (χ1) is 9.28. The molecule has 0 saturated heterocycles. The van der Waals surface area contributed by atoms with Crippen molar-refractivity contribution in [1.82, 2.24) is 5.32 Å². The van der Waals surface area contributed by atoms with Crippen molar-refractivity contribution in [3.8, 4) is 0 Å². The van der Waals surface area contributed by atoms with E-state index in [4.69, 9.17) is 0 Å². The number of allylic oxidation sites excluding steroid dienone is 6. The summed E-state index contributed by atoms with van der Waals surface area (Å²) in [5.74, 6) is 0. The Balaban J connectivity index is -0.000000163. The van der Waals surface area contributed by atoms with Crippen LogP contribution in [-0.2, 0) is 0 Å².